The van der Waals surface area contributed by atoms with Crippen LogP contribution in [0.15, 0.2) is 0 Å². The van der Waals surface area contributed by atoms with Gasteiger partial charge in [0.15, 0.2) is 0 Å². The third-order valence-electron chi connectivity index (χ3n) is 5.90. The van der Waals surface area contributed by atoms with Gasteiger partial charge in [0.25, 0.3) is 0 Å². The fourth-order valence-corrected chi connectivity index (χ4v) is 4.42. The van der Waals surface area contributed by atoms with Crippen LogP contribution >= 0.6 is 0 Å². The van der Waals surface area contributed by atoms with Crippen LogP contribution in [0.1, 0.15) is 64.2 Å². The van der Waals surface area contributed by atoms with E-state index >= 15 is 0 Å². The second kappa shape index (κ2) is 8.68. The molecule has 1 saturated carbocycles. The van der Waals surface area contributed by atoms with E-state index in [9.17, 15) is 14.4 Å². The molecular weight excluding hydrogens is 318 g/mol. The van der Waals surface area contributed by atoms with Gasteiger partial charge in [-0.1, -0.05) is 19.3 Å². The number of rotatable bonds is 5. The molecule has 2 aliphatic heterocycles. The third-order valence-corrected chi connectivity index (χ3v) is 5.90. The van der Waals surface area contributed by atoms with E-state index in [-0.39, 0.29) is 29.7 Å². The normalized spacial score (nSPS) is 25.3. The number of likely N-dealkylation sites (tertiary alicyclic amines) is 2. The van der Waals surface area contributed by atoms with Crippen molar-refractivity contribution < 1.29 is 14.4 Å². The number of hydrogen-bond acceptors (Lipinski definition) is 3. The summed E-state index contributed by atoms with van der Waals surface area (Å²) < 4.78 is 0. The number of amides is 3. The lowest BCUT2D eigenvalue weighted by atomic mass is 10.1. The van der Waals surface area contributed by atoms with E-state index in [1.165, 1.54) is 0 Å². The zero-order valence-electron chi connectivity index (χ0n) is 15.2. The van der Waals surface area contributed by atoms with Crippen LogP contribution in [0.4, 0.5) is 0 Å². The SMILES string of the molecule is O=C(NCCN1CCCCCC1=O)C1CCCN1C(=O)C1CCCC1. The van der Waals surface area contributed by atoms with E-state index in [1.54, 1.807) is 0 Å². The molecule has 3 amide bonds. The summed E-state index contributed by atoms with van der Waals surface area (Å²) in [5.41, 5.74) is 0. The van der Waals surface area contributed by atoms with Crippen LogP contribution < -0.4 is 5.32 Å². The highest BCUT2D eigenvalue weighted by molar-refractivity contribution is 5.89. The number of nitrogens with one attached hydrogen (secondary N) is 1. The highest BCUT2D eigenvalue weighted by Crippen LogP contribution is 2.29. The molecule has 0 aromatic carbocycles. The first-order chi connectivity index (χ1) is 12.2. The minimum Gasteiger partial charge on any atom is -0.353 e. The van der Waals surface area contributed by atoms with Crippen LogP contribution in [-0.2, 0) is 14.4 Å². The second-order valence-corrected chi connectivity index (χ2v) is 7.65. The van der Waals surface area contributed by atoms with Crippen LogP contribution in [0.5, 0.6) is 0 Å². The first-order valence-electron chi connectivity index (χ1n) is 10.0. The molecule has 1 aliphatic carbocycles. The van der Waals surface area contributed by atoms with Gasteiger partial charge in [0.05, 0.1) is 0 Å². The maximum Gasteiger partial charge on any atom is 0.242 e. The molecule has 0 aromatic heterocycles. The van der Waals surface area contributed by atoms with Crippen molar-refractivity contribution in [3.63, 3.8) is 0 Å². The van der Waals surface area contributed by atoms with Gasteiger partial charge in [-0.15, -0.1) is 0 Å². The summed E-state index contributed by atoms with van der Waals surface area (Å²) in [4.78, 5) is 40.9. The Morgan fingerprint density at radius 2 is 1.76 bits per heavy atom. The Kier molecular flexibility index (Phi) is 6.32. The predicted molar refractivity (Wildman–Crippen MR) is 94.8 cm³/mol. The molecule has 3 fully saturated rings. The molecule has 140 valence electrons. The largest absolute Gasteiger partial charge is 0.353 e. The Morgan fingerprint density at radius 1 is 0.960 bits per heavy atom. The molecule has 1 unspecified atom stereocenters. The molecule has 6 heteroatoms. The quantitative estimate of drug-likeness (QED) is 0.821. The van der Waals surface area contributed by atoms with Gasteiger partial charge in [0.1, 0.15) is 6.04 Å². The number of hydrogen-bond donors (Lipinski definition) is 1. The summed E-state index contributed by atoms with van der Waals surface area (Å²) in [6, 6.07) is -0.312. The average molecular weight is 349 g/mol. The Bertz CT molecular complexity index is 502. The maximum absolute atomic E-state index is 12.7. The lowest BCUT2D eigenvalue weighted by Crippen LogP contribution is -2.49. The van der Waals surface area contributed by atoms with Gasteiger partial charge in [-0.05, 0) is 38.5 Å². The van der Waals surface area contributed by atoms with Crippen molar-refractivity contribution in [1.29, 1.82) is 0 Å². The standard InChI is InChI=1S/C19H31N3O3/c23-17-10-2-1-5-12-21(17)14-11-20-18(24)16-9-6-13-22(16)19(25)15-7-3-4-8-15/h15-16H,1-14H2,(H,20,24). The molecule has 0 aromatic rings. The van der Waals surface area contributed by atoms with Gasteiger partial charge in [0, 0.05) is 38.5 Å². The maximum atomic E-state index is 12.7. The van der Waals surface area contributed by atoms with Crippen molar-refractivity contribution in [2.24, 2.45) is 5.92 Å². The molecule has 3 rings (SSSR count). The summed E-state index contributed by atoms with van der Waals surface area (Å²) in [5, 5.41) is 2.96. The molecule has 0 spiro atoms. The summed E-state index contributed by atoms with van der Waals surface area (Å²) >= 11 is 0. The topological polar surface area (TPSA) is 69.7 Å². The van der Waals surface area contributed by atoms with Gasteiger partial charge >= 0.3 is 0 Å². The molecule has 6 nitrogen and oxygen atoms in total. The molecule has 1 atom stereocenters. The van der Waals surface area contributed by atoms with E-state index in [4.69, 9.17) is 0 Å². The zero-order valence-corrected chi connectivity index (χ0v) is 15.2. The summed E-state index contributed by atoms with van der Waals surface area (Å²) in [6.45, 7) is 2.56. The average Bonchev–Trinajstić information content (AvgIpc) is 3.27. The van der Waals surface area contributed by atoms with Crippen LogP contribution in [-0.4, -0.2) is 59.7 Å². The van der Waals surface area contributed by atoms with E-state index in [0.717, 1.165) is 64.3 Å². The highest BCUT2D eigenvalue weighted by Gasteiger charge is 2.37. The predicted octanol–water partition coefficient (Wildman–Crippen LogP) is 1.69. The summed E-state index contributed by atoms with van der Waals surface area (Å²) in [5.74, 6) is 0.456. The van der Waals surface area contributed by atoms with Gasteiger partial charge in [0.2, 0.25) is 17.7 Å². The van der Waals surface area contributed by atoms with E-state index in [2.05, 4.69) is 5.32 Å². The van der Waals surface area contributed by atoms with Gasteiger partial charge in [-0.25, -0.2) is 0 Å². The molecular formula is C19H31N3O3. The molecule has 25 heavy (non-hydrogen) atoms. The van der Waals surface area contributed by atoms with Crippen LogP contribution in [0.3, 0.4) is 0 Å². The lowest BCUT2D eigenvalue weighted by Gasteiger charge is -2.27. The molecule has 2 saturated heterocycles. The number of carbonyl (C=O) groups is 3. The minimum absolute atomic E-state index is 0.0499. The van der Waals surface area contributed by atoms with Gasteiger partial charge in [-0.2, -0.15) is 0 Å². The van der Waals surface area contributed by atoms with Crippen LogP contribution in [0.25, 0.3) is 0 Å². The Balaban J connectivity index is 1.46. The molecule has 3 aliphatic rings. The fraction of sp³-hybridized carbons (Fsp3) is 0.842. The number of carbonyl (C=O) groups excluding carboxylic acids is 3. The van der Waals surface area contributed by atoms with Gasteiger partial charge < -0.3 is 15.1 Å². The van der Waals surface area contributed by atoms with Crippen LogP contribution in [0, 0.1) is 5.92 Å². The highest BCUT2D eigenvalue weighted by atomic mass is 16.2. The van der Waals surface area contributed by atoms with E-state index < -0.39 is 0 Å². The lowest BCUT2D eigenvalue weighted by molar-refractivity contribution is -0.141. The molecule has 1 N–H and O–H groups in total. The fourth-order valence-electron chi connectivity index (χ4n) is 4.42. The zero-order chi connectivity index (χ0) is 17.6. The van der Waals surface area contributed by atoms with Gasteiger partial charge in [-0.3, -0.25) is 14.4 Å². The molecule has 0 radical (unpaired) electrons. The molecule has 2 heterocycles. The van der Waals surface area contributed by atoms with Crippen molar-refractivity contribution >= 4 is 17.7 Å². The number of nitrogens with zero attached hydrogens (tertiary/aromatic N) is 2. The van der Waals surface area contributed by atoms with Crippen molar-refractivity contribution in [1.82, 2.24) is 15.1 Å². The second-order valence-electron chi connectivity index (χ2n) is 7.65. The Morgan fingerprint density at radius 3 is 2.56 bits per heavy atom. The van der Waals surface area contributed by atoms with Crippen molar-refractivity contribution in [2.45, 2.75) is 70.3 Å². The van der Waals surface area contributed by atoms with Crippen molar-refractivity contribution in [2.75, 3.05) is 26.2 Å². The van der Waals surface area contributed by atoms with E-state index in [0.29, 0.717) is 26.1 Å². The summed E-state index contributed by atoms with van der Waals surface area (Å²) in [7, 11) is 0. The van der Waals surface area contributed by atoms with Crippen LogP contribution in [0.2, 0.25) is 0 Å². The Hall–Kier alpha value is -1.59. The first-order valence-corrected chi connectivity index (χ1v) is 10.0. The molecule has 0 bridgehead atoms. The van der Waals surface area contributed by atoms with Crippen molar-refractivity contribution in [3.8, 4) is 0 Å². The van der Waals surface area contributed by atoms with Crippen molar-refractivity contribution in [3.05, 3.63) is 0 Å². The Labute approximate surface area is 150 Å². The summed E-state index contributed by atoms with van der Waals surface area (Å²) in [6.07, 6.45) is 9.62. The smallest absolute Gasteiger partial charge is 0.242 e. The first kappa shape index (κ1) is 18.2. The third kappa shape index (κ3) is 4.53. The van der Waals surface area contributed by atoms with E-state index in [1.807, 2.05) is 9.80 Å². The minimum atomic E-state index is -0.312. The monoisotopic (exact) mass is 349 g/mol.